The molecule has 1 aromatic rings. The fourth-order valence-corrected chi connectivity index (χ4v) is 4.77. The first-order valence-electron chi connectivity index (χ1n) is 8.42. The number of thioether (sulfide) groups is 1. The van der Waals surface area contributed by atoms with E-state index in [2.05, 4.69) is 5.32 Å². The molecule has 0 bridgehead atoms. The van der Waals surface area contributed by atoms with Crippen LogP contribution in [0.1, 0.15) is 42.5 Å². The van der Waals surface area contributed by atoms with Gasteiger partial charge in [0.05, 0.1) is 22.5 Å². The Labute approximate surface area is 159 Å². The molecule has 2 rings (SSSR count). The van der Waals surface area contributed by atoms with Crippen LogP contribution in [0.2, 0.25) is 5.02 Å². The highest BCUT2D eigenvalue weighted by molar-refractivity contribution is 7.99. The van der Waals surface area contributed by atoms with Gasteiger partial charge in [-0.2, -0.15) is 11.8 Å². The van der Waals surface area contributed by atoms with Crippen LogP contribution in [0.25, 0.3) is 0 Å². The Hall–Kier alpha value is -0.920. The molecule has 1 aromatic carbocycles. The van der Waals surface area contributed by atoms with Crippen molar-refractivity contribution in [3.63, 3.8) is 0 Å². The summed E-state index contributed by atoms with van der Waals surface area (Å²) in [6, 6.07) is 4.63. The highest BCUT2D eigenvalue weighted by Crippen LogP contribution is 2.28. The summed E-state index contributed by atoms with van der Waals surface area (Å²) in [5, 5.41) is 3.85. The molecule has 0 unspecified atom stereocenters. The standard InChI is InChI=1S/C17H25ClN2O3S2/c1-20(25(2,22)23)13-8-9-15(16(18)12-13)17(21)19-10-11-24-14-6-4-3-5-7-14/h8-9,12,14H,3-7,10-11H2,1-2H3,(H,19,21). The van der Waals surface area contributed by atoms with E-state index < -0.39 is 10.0 Å². The Bertz CT molecular complexity index is 704. The van der Waals surface area contributed by atoms with Crippen molar-refractivity contribution < 1.29 is 13.2 Å². The Morgan fingerprint density at radius 3 is 2.60 bits per heavy atom. The zero-order valence-corrected chi connectivity index (χ0v) is 17.0. The maximum atomic E-state index is 12.3. The third-order valence-corrected chi connectivity index (χ3v) is 7.25. The van der Waals surface area contributed by atoms with Gasteiger partial charge >= 0.3 is 0 Å². The van der Waals surface area contributed by atoms with Crippen LogP contribution in [-0.4, -0.2) is 45.2 Å². The average Bonchev–Trinajstić information content (AvgIpc) is 2.58. The number of halogens is 1. The van der Waals surface area contributed by atoms with E-state index >= 15 is 0 Å². The SMILES string of the molecule is CN(c1ccc(C(=O)NCCSC2CCCCC2)c(Cl)c1)S(C)(=O)=O. The van der Waals surface area contributed by atoms with Crippen LogP contribution in [0.3, 0.4) is 0 Å². The minimum Gasteiger partial charge on any atom is -0.351 e. The molecule has 1 saturated carbocycles. The summed E-state index contributed by atoms with van der Waals surface area (Å²) in [4.78, 5) is 12.3. The lowest BCUT2D eigenvalue weighted by molar-refractivity contribution is 0.0956. The van der Waals surface area contributed by atoms with E-state index in [0.29, 0.717) is 17.8 Å². The van der Waals surface area contributed by atoms with E-state index in [0.717, 1.165) is 21.6 Å². The molecule has 8 heteroatoms. The lowest BCUT2D eigenvalue weighted by atomic mass is 10.0. The van der Waals surface area contributed by atoms with Crippen molar-refractivity contribution in [3.8, 4) is 0 Å². The molecule has 5 nitrogen and oxygen atoms in total. The van der Waals surface area contributed by atoms with Crippen LogP contribution in [-0.2, 0) is 10.0 Å². The van der Waals surface area contributed by atoms with Crippen LogP contribution >= 0.6 is 23.4 Å². The van der Waals surface area contributed by atoms with Crippen molar-refractivity contribution in [1.29, 1.82) is 0 Å². The molecule has 0 aliphatic heterocycles. The van der Waals surface area contributed by atoms with Gasteiger partial charge in [0.25, 0.3) is 5.91 Å². The smallest absolute Gasteiger partial charge is 0.252 e. The van der Waals surface area contributed by atoms with Crippen molar-refractivity contribution in [2.45, 2.75) is 37.4 Å². The van der Waals surface area contributed by atoms with Gasteiger partial charge in [-0.15, -0.1) is 0 Å². The zero-order valence-electron chi connectivity index (χ0n) is 14.6. The van der Waals surface area contributed by atoms with Crippen molar-refractivity contribution in [2.24, 2.45) is 0 Å². The van der Waals surface area contributed by atoms with Gasteiger partial charge in [0.1, 0.15) is 0 Å². The fraction of sp³-hybridized carbons (Fsp3) is 0.588. The summed E-state index contributed by atoms with van der Waals surface area (Å²) >= 11 is 8.09. The molecule has 25 heavy (non-hydrogen) atoms. The van der Waals surface area contributed by atoms with Crippen molar-refractivity contribution in [3.05, 3.63) is 28.8 Å². The van der Waals surface area contributed by atoms with Crippen LogP contribution < -0.4 is 9.62 Å². The van der Waals surface area contributed by atoms with Gasteiger partial charge in [0, 0.05) is 24.6 Å². The topological polar surface area (TPSA) is 66.5 Å². The summed E-state index contributed by atoms with van der Waals surface area (Å²) in [7, 11) is -1.92. The van der Waals surface area contributed by atoms with Gasteiger partial charge in [-0.05, 0) is 31.0 Å². The lowest BCUT2D eigenvalue weighted by Gasteiger charge is -2.21. The summed E-state index contributed by atoms with van der Waals surface area (Å²) in [6.07, 6.45) is 7.64. The Balaban J connectivity index is 1.86. The zero-order chi connectivity index (χ0) is 18.4. The molecule has 1 aliphatic rings. The number of carbonyl (C=O) groups excluding carboxylic acids is 1. The average molecular weight is 405 g/mol. The fourth-order valence-electron chi connectivity index (χ4n) is 2.79. The maximum Gasteiger partial charge on any atom is 0.252 e. The summed E-state index contributed by atoms with van der Waals surface area (Å²) in [5.41, 5.74) is 0.784. The summed E-state index contributed by atoms with van der Waals surface area (Å²) in [6.45, 7) is 0.599. The molecular weight excluding hydrogens is 380 g/mol. The van der Waals surface area contributed by atoms with E-state index in [-0.39, 0.29) is 10.9 Å². The number of rotatable bonds is 7. The second-order valence-corrected chi connectivity index (χ2v) is 10.1. The largest absolute Gasteiger partial charge is 0.351 e. The number of hydrogen-bond acceptors (Lipinski definition) is 4. The molecule has 1 amide bonds. The number of anilines is 1. The molecule has 0 radical (unpaired) electrons. The van der Waals surface area contributed by atoms with E-state index in [1.54, 1.807) is 12.1 Å². The van der Waals surface area contributed by atoms with Crippen LogP contribution in [0, 0.1) is 0 Å². The number of sulfonamides is 1. The van der Waals surface area contributed by atoms with Crippen molar-refractivity contribution in [2.75, 3.05) is 29.9 Å². The lowest BCUT2D eigenvalue weighted by Crippen LogP contribution is -2.27. The van der Waals surface area contributed by atoms with E-state index in [1.807, 2.05) is 11.8 Å². The number of benzene rings is 1. The number of hydrogen-bond donors (Lipinski definition) is 1. The van der Waals surface area contributed by atoms with Crippen LogP contribution in [0.15, 0.2) is 18.2 Å². The molecule has 0 aromatic heterocycles. The maximum absolute atomic E-state index is 12.3. The number of amides is 1. The number of nitrogens with one attached hydrogen (secondary N) is 1. The summed E-state index contributed by atoms with van der Waals surface area (Å²) < 4.78 is 24.3. The molecular formula is C17H25ClN2O3S2. The van der Waals surface area contributed by atoms with E-state index in [9.17, 15) is 13.2 Å². The first-order chi connectivity index (χ1) is 11.8. The Morgan fingerprint density at radius 2 is 2.00 bits per heavy atom. The first kappa shape index (κ1) is 20.4. The van der Waals surface area contributed by atoms with E-state index in [4.69, 9.17) is 11.6 Å². The number of nitrogens with zero attached hydrogens (tertiary/aromatic N) is 1. The molecule has 140 valence electrons. The molecule has 1 N–H and O–H groups in total. The predicted octanol–water partition coefficient (Wildman–Crippen LogP) is 3.53. The van der Waals surface area contributed by atoms with Crippen LogP contribution in [0.5, 0.6) is 0 Å². The first-order valence-corrected chi connectivity index (χ1v) is 11.7. The Morgan fingerprint density at radius 1 is 1.32 bits per heavy atom. The quantitative estimate of drug-likeness (QED) is 0.706. The van der Waals surface area contributed by atoms with Gasteiger partial charge in [0.15, 0.2) is 0 Å². The van der Waals surface area contributed by atoms with Gasteiger partial charge in [-0.25, -0.2) is 8.42 Å². The highest BCUT2D eigenvalue weighted by Gasteiger charge is 2.17. The molecule has 0 heterocycles. The second-order valence-electron chi connectivity index (χ2n) is 6.28. The third-order valence-electron chi connectivity index (χ3n) is 4.35. The second kappa shape index (κ2) is 9.14. The number of carbonyl (C=O) groups is 1. The third kappa shape index (κ3) is 6.08. The minimum absolute atomic E-state index is 0.234. The van der Waals surface area contributed by atoms with Gasteiger partial charge in [0.2, 0.25) is 10.0 Å². The highest BCUT2D eigenvalue weighted by atomic mass is 35.5. The molecule has 0 saturated heterocycles. The predicted molar refractivity (Wildman–Crippen MR) is 106 cm³/mol. The Kier molecular flexibility index (Phi) is 7.46. The normalized spacial score (nSPS) is 15.8. The van der Waals surface area contributed by atoms with Crippen molar-refractivity contribution in [1.82, 2.24) is 5.32 Å². The van der Waals surface area contributed by atoms with Gasteiger partial charge in [-0.1, -0.05) is 30.9 Å². The van der Waals surface area contributed by atoms with Gasteiger partial charge < -0.3 is 5.32 Å². The molecule has 1 aliphatic carbocycles. The summed E-state index contributed by atoms with van der Waals surface area (Å²) in [5.74, 6) is 0.658. The van der Waals surface area contributed by atoms with Crippen LogP contribution in [0.4, 0.5) is 5.69 Å². The molecule has 0 spiro atoms. The van der Waals surface area contributed by atoms with Crippen molar-refractivity contribution >= 4 is 45.0 Å². The molecule has 0 atom stereocenters. The minimum atomic E-state index is -3.36. The van der Waals surface area contributed by atoms with E-state index in [1.165, 1.54) is 45.2 Å². The van der Waals surface area contributed by atoms with Gasteiger partial charge in [-0.3, -0.25) is 9.10 Å². The monoisotopic (exact) mass is 404 g/mol. The molecule has 1 fully saturated rings.